The Kier molecular flexibility index (Phi) is 4.24. The van der Waals surface area contributed by atoms with Crippen molar-refractivity contribution < 1.29 is 5.11 Å². The molecule has 106 valence electrons. The predicted molar refractivity (Wildman–Crippen MR) is 77.6 cm³/mol. The lowest BCUT2D eigenvalue weighted by atomic mass is 9.95. The van der Waals surface area contributed by atoms with Crippen molar-refractivity contribution in [3.05, 3.63) is 11.9 Å². The van der Waals surface area contributed by atoms with Crippen LogP contribution in [0.5, 0.6) is 0 Å². The van der Waals surface area contributed by atoms with Crippen LogP contribution in [0, 0.1) is 0 Å². The van der Waals surface area contributed by atoms with Gasteiger partial charge in [-0.05, 0) is 26.7 Å². The van der Waals surface area contributed by atoms with E-state index in [1.807, 2.05) is 13.0 Å². The van der Waals surface area contributed by atoms with E-state index in [2.05, 4.69) is 34.0 Å². The number of hydrogen-bond donors (Lipinski definition) is 2. The average molecular weight is 264 g/mol. The normalized spacial score (nSPS) is 23.5. The second kappa shape index (κ2) is 5.74. The van der Waals surface area contributed by atoms with Crippen LogP contribution in [-0.4, -0.2) is 40.3 Å². The van der Waals surface area contributed by atoms with Crippen LogP contribution < -0.4 is 10.2 Å². The molecule has 0 bridgehead atoms. The first-order valence-corrected chi connectivity index (χ1v) is 7.13. The molecule has 1 atom stereocenters. The molecule has 2 N–H and O–H groups in total. The lowest BCUT2D eigenvalue weighted by Gasteiger charge is -2.37. The maximum Gasteiger partial charge on any atom is 0.134 e. The molecule has 1 aromatic rings. The van der Waals surface area contributed by atoms with Crippen molar-refractivity contribution in [2.24, 2.45) is 0 Å². The number of piperidine rings is 1. The van der Waals surface area contributed by atoms with Gasteiger partial charge >= 0.3 is 0 Å². The van der Waals surface area contributed by atoms with Gasteiger partial charge in [-0.2, -0.15) is 0 Å². The summed E-state index contributed by atoms with van der Waals surface area (Å²) in [7, 11) is 0. The second-order valence-corrected chi connectivity index (χ2v) is 5.43. The molecule has 1 aromatic heterocycles. The first kappa shape index (κ1) is 14.1. The van der Waals surface area contributed by atoms with Gasteiger partial charge in [0.1, 0.15) is 17.5 Å². The maximum absolute atomic E-state index is 10.2. The van der Waals surface area contributed by atoms with Crippen LogP contribution in [0.3, 0.4) is 0 Å². The van der Waals surface area contributed by atoms with Crippen LogP contribution in [0.25, 0.3) is 0 Å². The highest BCUT2D eigenvalue weighted by Crippen LogP contribution is 2.25. The quantitative estimate of drug-likeness (QED) is 0.868. The molecule has 0 aromatic carbocycles. The predicted octanol–water partition coefficient (Wildman–Crippen LogP) is 1.82. The Morgan fingerprint density at radius 1 is 1.42 bits per heavy atom. The molecule has 1 unspecified atom stereocenters. The Labute approximate surface area is 115 Å². The SMILES string of the molecule is CCNc1cc(N2CCCC(C)(O)C2)nc(CC)n1. The van der Waals surface area contributed by atoms with E-state index in [0.717, 1.165) is 49.8 Å². The van der Waals surface area contributed by atoms with E-state index in [-0.39, 0.29) is 0 Å². The minimum absolute atomic E-state index is 0.617. The molecule has 0 radical (unpaired) electrons. The van der Waals surface area contributed by atoms with Crippen molar-refractivity contribution in [2.45, 2.75) is 45.6 Å². The van der Waals surface area contributed by atoms with Gasteiger partial charge in [-0.15, -0.1) is 0 Å². The number of β-amino-alcohol motifs (C(OH)–C–C–N with tert-alkyl or cyclic N) is 1. The molecule has 1 saturated heterocycles. The minimum atomic E-state index is -0.617. The van der Waals surface area contributed by atoms with Crippen LogP contribution in [0.4, 0.5) is 11.6 Å². The molecule has 2 heterocycles. The molecule has 1 aliphatic rings. The molecular formula is C14H24N4O. The Hall–Kier alpha value is -1.36. The zero-order chi connectivity index (χ0) is 13.9. The summed E-state index contributed by atoms with van der Waals surface area (Å²) in [6, 6.07) is 1.98. The van der Waals surface area contributed by atoms with E-state index in [4.69, 9.17) is 0 Å². The van der Waals surface area contributed by atoms with E-state index >= 15 is 0 Å². The van der Waals surface area contributed by atoms with E-state index < -0.39 is 5.60 Å². The molecule has 5 heteroatoms. The third kappa shape index (κ3) is 3.56. The Bertz CT molecular complexity index is 433. The molecule has 0 aliphatic carbocycles. The van der Waals surface area contributed by atoms with E-state index in [9.17, 15) is 5.11 Å². The first-order valence-electron chi connectivity index (χ1n) is 7.13. The number of anilines is 2. The summed E-state index contributed by atoms with van der Waals surface area (Å²) in [6.45, 7) is 8.44. The van der Waals surface area contributed by atoms with E-state index in [1.54, 1.807) is 0 Å². The summed E-state index contributed by atoms with van der Waals surface area (Å²) in [4.78, 5) is 11.2. The van der Waals surface area contributed by atoms with Gasteiger partial charge in [0.25, 0.3) is 0 Å². The average Bonchev–Trinajstić information content (AvgIpc) is 2.37. The van der Waals surface area contributed by atoms with Crippen molar-refractivity contribution in [2.75, 3.05) is 29.9 Å². The summed E-state index contributed by atoms with van der Waals surface area (Å²) in [5.74, 6) is 2.64. The largest absolute Gasteiger partial charge is 0.388 e. The third-order valence-corrected chi connectivity index (χ3v) is 3.43. The third-order valence-electron chi connectivity index (χ3n) is 3.43. The van der Waals surface area contributed by atoms with Crippen LogP contribution in [0.2, 0.25) is 0 Å². The maximum atomic E-state index is 10.2. The highest BCUT2D eigenvalue weighted by Gasteiger charge is 2.29. The Balaban J connectivity index is 2.25. The monoisotopic (exact) mass is 264 g/mol. The van der Waals surface area contributed by atoms with Gasteiger partial charge < -0.3 is 15.3 Å². The Morgan fingerprint density at radius 3 is 2.84 bits per heavy atom. The molecular weight excluding hydrogens is 240 g/mol. The highest BCUT2D eigenvalue weighted by atomic mass is 16.3. The van der Waals surface area contributed by atoms with Crippen LogP contribution in [-0.2, 0) is 6.42 Å². The van der Waals surface area contributed by atoms with Gasteiger partial charge in [-0.25, -0.2) is 9.97 Å². The molecule has 0 saturated carbocycles. The van der Waals surface area contributed by atoms with E-state index in [0.29, 0.717) is 6.54 Å². The standard InChI is InChI=1S/C14H24N4O/c1-4-11-16-12(15-5-2)9-13(17-11)18-8-6-7-14(3,19)10-18/h9,19H,4-8,10H2,1-3H3,(H,15,16,17). The zero-order valence-electron chi connectivity index (χ0n) is 12.1. The van der Waals surface area contributed by atoms with Gasteiger partial charge in [-0.1, -0.05) is 6.92 Å². The first-order chi connectivity index (χ1) is 9.04. The summed E-state index contributed by atoms with van der Waals surface area (Å²) in [6.07, 6.45) is 2.67. The number of aryl methyl sites for hydroxylation is 1. The van der Waals surface area contributed by atoms with Crippen molar-refractivity contribution in [1.29, 1.82) is 0 Å². The molecule has 19 heavy (non-hydrogen) atoms. The van der Waals surface area contributed by atoms with E-state index in [1.165, 1.54) is 0 Å². The number of aliphatic hydroxyl groups is 1. The van der Waals surface area contributed by atoms with Crippen molar-refractivity contribution in [1.82, 2.24) is 9.97 Å². The topological polar surface area (TPSA) is 61.3 Å². The van der Waals surface area contributed by atoms with Gasteiger partial charge in [0.2, 0.25) is 0 Å². The number of aromatic nitrogens is 2. The smallest absolute Gasteiger partial charge is 0.134 e. The zero-order valence-corrected chi connectivity index (χ0v) is 12.1. The van der Waals surface area contributed by atoms with Gasteiger partial charge in [0.15, 0.2) is 0 Å². The summed E-state index contributed by atoms with van der Waals surface area (Å²) in [5, 5.41) is 13.4. The minimum Gasteiger partial charge on any atom is -0.388 e. The fraction of sp³-hybridized carbons (Fsp3) is 0.714. The number of nitrogens with one attached hydrogen (secondary N) is 1. The Morgan fingerprint density at radius 2 is 2.21 bits per heavy atom. The van der Waals surface area contributed by atoms with Gasteiger partial charge in [-0.3, -0.25) is 0 Å². The molecule has 1 aliphatic heterocycles. The van der Waals surface area contributed by atoms with Gasteiger partial charge in [0.05, 0.1) is 5.60 Å². The number of rotatable bonds is 4. The van der Waals surface area contributed by atoms with Crippen molar-refractivity contribution in [3.63, 3.8) is 0 Å². The molecule has 1 fully saturated rings. The van der Waals surface area contributed by atoms with Crippen LogP contribution in [0.15, 0.2) is 6.07 Å². The summed E-state index contributed by atoms with van der Waals surface area (Å²) < 4.78 is 0. The molecule has 5 nitrogen and oxygen atoms in total. The van der Waals surface area contributed by atoms with Crippen molar-refractivity contribution in [3.8, 4) is 0 Å². The molecule has 0 amide bonds. The number of nitrogens with zero attached hydrogens (tertiary/aromatic N) is 3. The number of hydrogen-bond acceptors (Lipinski definition) is 5. The summed E-state index contributed by atoms with van der Waals surface area (Å²) in [5.41, 5.74) is -0.617. The lowest BCUT2D eigenvalue weighted by molar-refractivity contribution is 0.0447. The fourth-order valence-corrected chi connectivity index (χ4v) is 2.49. The lowest BCUT2D eigenvalue weighted by Crippen LogP contribution is -2.46. The summed E-state index contributed by atoms with van der Waals surface area (Å²) >= 11 is 0. The highest BCUT2D eigenvalue weighted by molar-refractivity contribution is 5.50. The van der Waals surface area contributed by atoms with Gasteiger partial charge in [0, 0.05) is 32.1 Å². The fourth-order valence-electron chi connectivity index (χ4n) is 2.49. The second-order valence-electron chi connectivity index (χ2n) is 5.43. The molecule has 2 rings (SSSR count). The van der Waals surface area contributed by atoms with Crippen LogP contribution >= 0.6 is 0 Å². The molecule has 0 spiro atoms. The van der Waals surface area contributed by atoms with Crippen LogP contribution in [0.1, 0.15) is 39.4 Å². The van der Waals surface area contributed by atoms with Crippen molar-refractivity contribution >= 4 is 11.6 Å².